The Bertz CT molecular complexity index is 959. The number of unbranched alkanes of at least 4 members (excludes halogenated alkanes) is 2. The van der Waals surface area contributed by atoms with E-state index in [-0.39, 0.29) is 23.6 Å². The number of guanidine groups is 1. The van der Waals surface area contributed by atoms with Gasteiger partial charge in [-0.2, -0.15) is 0 Å². The molecular formula is C27H36N4O2. The largest absolute Gasteiger partial charge is 0.369 e. The van der Waals surface area contributed by atoms with Gasteiger partial charge >= 0.3 is 0 Å². The zero-order valence-electron chi connectivity index (χ0n) is 19.7. The number of hydrogen-bond donors (Lipinski definition) is 2. The van der Waals surface area contributed by atoms with Crippen molar-refractivity contribution in [2.45, 2.75) is 64.0 Å². The fourth-order valence-electron chi connectivity index (χ4n) is 4.50. The van der Waals surface area contributed by atoms with Gasteiger partial charge in [0.2, 0.25) is 0 Å². The number of amides is 1. The first-order valence-electron chi connectivity index (χ1n) is 11.9. The summed E-state index contributed by atoms with van der Waals surface area (Å²) < 4.78 is 0. The molecule has 0 aromatic heterocycles. The molecule has 6 heteroatoms. The number of benzene rings is 2. The van der Waals surface area contributed by atoms with Gasteiger partial charge in [-0.1, -0.05) is 80.9 Å². The van der Waals surface area contributed by atoms with Gasteiger partial charge in [0, 0.05) is 13.0 Å². The van der Waals surface area contributed by atoms with E-state index in [1.807, 2.05) is 60.7 Å². The smallest absolute Gasteiger partial charge is 0.261 e. The Labute approximate surface area is 197 Å². The molecule has 1 amide bonds. The Morgan fingerprint density at radius 3 is 2.27 bits per heavy atom. The van der Waals surface area contributed by atoms with Crippen LogP contribution in [0.2, 0.25) is 0 Å². The van der Waals surface area contributed by atoms with Crippen molar-refractivity contribution in [3.8, 4) is 0 Å². The number of Topliss-reactive ketones (excluding diaryl/α,β-unsaturated/α-hetero) is 1. The molecule has 4 N–H and O–H groups in total. The van der Waals surface area contributed by atoms with Gasteiger partial charge in [0.1, 0.15) is 5.78 Å². The Morgan fingerprint density at radius 2 is 1.64 bits per heavy atom. The normalized spacial score (nSPS) is 19.1. The SMILES string of the molecule is CC(C)CC1(c2ccccc2)N=C(N)N(CCCCCC(=O)[C@@H](N)Cc2ccccc2)C1=O. The highest BCUT2D eigenvalue weighted by molar-refractivity contribution is 6.07. The summed E-state index contributed by atoms with van der Waals surface area (Å²) in [6, 6.07) is 19.0. The molecule has 0 fully saturated rings. The van der Waals surface area contributed by atoms with Crippen molar-refractivity contribution in [1.29, 1.82) is 0 Å². The van der Waals surface area contributed by atoms with Gasteiger partial charge < -0.3 is 11.5 Å². The summed E-state index contributed by atoms with van der Waals surface area (Å²) in [7, 11) is 0. The minimum atomic E-state index is -0.945. The molecule has 1 aliphatic heterocycles. The fraction of sp³-hybridized carbons (Fsp3) is 0.444. The molecule has 2 aromatic rings. The third-order valence-corrected chi connectivity index (χ3v) is 6.15. The van der Waals surface area contributed by atoms with E-state index >= 15 is 0 Å². The molecule has 0 radical (unpaired) electrons. The molecule has 0 spiro atoms. The maximum absolute atomic E-state index is 13.5. The maximum atomic E-state index is 13.5. The van der Waals surface area contributed by atoms with E-state index in [0.29, 0.717) is 25.8 Å². The molecule has 0 saturated heterocycles. The van der Waals surface area contributed by atoms with Crippen molar-refractivity contribution < 1.29 is 9.59 Å². The number of carbonyl (C=O) groups is 2. The van der Waals surface area contributed by atoms with Crippen molar-refractivity contribution in [3.05, 3.63) is 71.8 Å². The molecule has 6 nitrogen and oxygen atoms in total. The Morgan fingerprint density at radius 1 is 1.00 bits per heavy atom. The van der Waals surface area contributed by atoms with Crippen LogP contribution in [0.4, 0.5) is 0 Å². The molecule has 176 valence electrons. The van der Waals surface area contributed by atoms with Crippen LogP contribution in [0.3, 0.4) is 0 Å². The molecule has 0 bridgehead atoms. The van der Waals surface area contributed by atoms with Crippen LogP contribution in [-0.2, 0) is 21.5 Å². The second-order valence-corrected chi connectivity index (χ2v) is 9.32. The second-order valence-electron chi connectivity index (χ2n) is 9.32. The van der Waals surface area contributed by atoms with Gasteiger partial charge in [-0.3, -0.25) is 14.5 Å². The predicted molar refractivity (Wildman–Crippen MR) is 133 cm³/mol. The summed E-state index contributed by atoms with van der Waals surface area (Å²) in [5.41, 5.74) is 13.3. The number of carbonyl (C=O) groups excluding carboxylic acids is 2. The first-order valence-corrected chi connectivity index (χ1v) is 11.9. The predicted octanol–water partition coefficient (Wildman–Crippen LogP) is 3.78. The van der Waals surface area contributed by atoms with Crippen LogP contribution in [0.5, 0.6) is 0 Å². The number of ketones is 1. The molecule has 2 aromatic carbocycles. The second kappa shape index (κ2) is 11.2. The zero-order valence-corrected chi connectivity index (χ0v) is 19.7. The molecule has 1 aliphatic rings. The van der Waals surface area contributed by atoms with Gasteiger partial charge in [-0.05, 0) is 42.7 Å². The number of rotatable bonds is 12. The first kappa shape index (κ1) is 24.6. The zero-order chi connectivity index (χ0) is 23.8. The van der Waals surface area contributed by atoms with Crippen LogP contribution >= 0.6 is 0 Å². The molecule has 0 saturated carbocycles. The Kier molecular flexibility index (Phi) is 8.39. The number of aliphatic imine (C=N–C) groups is 1. The van der Waals surface area contributed by atoms with Crippen LogP contribution < -0.4 is 11.5 Å². The van der Waals surface area contributed by atoms with E-state index in [9.17, 15) is 9.59 Å². The highest BCUT2D eigenvalue weighted by Crippen LogP contribution is 2.38. The highest BCUT2D eigenvalue weighted by atomic mass is 16.2. The lowest BCUT2D eigenvalue weighted by molar-refractivity contribution is -0.132. The summed E-state index contributed by atoms with van der Waals surface area (Å²) in [6.45, 7) is 4.68. The molecule has 3 rings (SSSR count). The third-order valence-electron chi connectivity index (χ3n) is 6.15. The molecule has 1 unspecified atom stereocenters. The van der Waals surface area contributed by atoms with Crippen molar-refractivity contribution in [1.82, 2.24) is 4.90 Å². The minimum Gasteiger partial charge on any atom is -0.369 e. The van der Waals surface area contributed by atoms with E-state index in [1.54, 1.807) is 4.90 Å². The van der Waals surface area contributed by atoms with Gasteiger partial charge in [0.05, 0.1) is 6.04 Å². The Hall–Kier alpha value is -2.99. The van der Waals surface area contributed by atoms with E-state index < -0.39 is 11.6 Å². The quantitative estimate of drug-likeness (QED) is 0.482. The van der Waals surface area contributed by atoms with E-state index in [1.165, 1.54) is 0 Å². The molecule has 1 heterocycles. The van der Waals surface area contributed by atoms with Gasteiger partial charge in [-0.25, -0.2) is 4.99 Å². The summed E-state index contributed by atoms with van der Waals surface area (Å²) in [5, 5.41) is 0. The van der Waals surface area contributed by atoms with Gasteiger partial charge in [-0.15, -0.1) is 0 Å². The van der Waals surface area contributed by atoms with E-state index in [2.05, 4.69) is 18.8 Å². The summed E-state index contributed by atoms with van der Waals surface area (Å²) in [4.78, 5) is 32.1. The fourth-order valence-corrected chi connectivity index (χ4v) is 4.50. The molecular weight excluding hydrogens is 412 g/mol. The number of nitrogens with zero attached hydrogens (tertiary/aromatic N) is 2. The summed E-state index contributed by atoms with van der Waals surface area (Å²) in [6.07, 6.45) is 3.95. The van der Waals surface area contributed by atoms with Crippen molar-refractivity contribution in [2.75, 3.05) is 6.54 Å². The highest BCUT2D eigenvalue weighted by Gasteiger charge is 2.48. The third kappa shape index (κ3) is 6.08. The van der Waals surface area contributed by atoms with Crippen LogP contribution in [-0.4, -0.2) is 35.1 Å². The van der Waals surface area contributed by atoms with Crippen LogP contribution in [0.15, 0.2) is 65.7 Å². The van der Waals surface area contributed by atoms with Gasteiger partial charge in [0.15, 0.2) is 11.5 Å². The summed E-state index contributed by atoms with van der Waals surface area (Å²) >= 11 is 0. The van der Waals surface area contributed by atoms with Crippen LogP contribution in [0.1, 0.15) is 57.1 Å². The standard InChI is InChI=1S/C27H36N4O2/c1-20(2)19-27(22-14-8-4-9-15-22)25(33)31(26(29)30-27)17-11-5-10-16-24(32)23(28)18-21-12-6-3-7-13-21/h3-4,6-9,12-15,20,23H,5,10-11,16-19,28H2,1-2H3,(H2,29,30)/t23-,27?/m0/s1. The van der Waals surface area contributed by atoms with Gasteiger partial charge in [0.25, 0.3) is 5.91 Å². The molecule has 2 atom stereocenters. The minimum absolute atomic E-state index is 0.0548. The average molecular weight is 449 g/mol. The van der Waals surface area contributed by atoms with E-state index in [4.69, 9.17) is 11.5 Å². The van der Waals surface area contributed by atoms with Crippen molar-refractivity contribution >= 4 is 17.6 Å². The lowest BCUT2D eigenvalue weighted by atomic mass is 9.82. The molecule has 0 aliphatic carbocycles. The summed E-state index contributed by atoms with van der Waals surface area (Å²) in [5.74, 6) is 0.597. The topological polar surface area (TPSA) is 102 Å². The molecule has 33 heavy (non-hydrogen) atoms. The van der Waals surface area contributed by atoms with Crippen LogP contribution in [0.25, 0.3) is 0 Å². The number of hydrogen-bond acceptors (Lipinski definition) is 5. The lowest BCUT2D eigenvalue weighted by Gasteiger charge is -2.28. The lowest BCUT2D eigenvalue weighted by Crippen LogP contribution is -2.44. The number of nitrogens with two attached hydrogens (primary N) is 2. The Balaban J connectivity index is 1.50. The van der Waals surface area contributed by atoms with E-state index in [0.717, 1.165) is 30.4 Å². The monoisotopic (exact) mass is 448 g/mol. The van der Waals surface area contributed by atoms with Crippen molar-refractivity contribution in [3.63, 3.8) is 0 Å². The van der Waals surface area contributed by atoms with Crippen molar-refractivity contribution in [2.24, 2.45) is 22.4 Å². The maximum Gasteiger partial charge on any atom is 0.261 e. The van der Waals surface area contributed by atoms with Crippen LogP contribution in [0, 0.1) is 5.92 Å². The first-order chi connectivity index (χ1) is 15.8. The average Bonchev–Trinajstić information content (AvgIpc) is 3.04.